The summed E-state index contributed by atoms with van der Waals surface area (Å²) < 4.78 is 0. The lowest BCUT2D eigenvalue weighted by Crippen LogP contribution is -2.21. The number of primary amides is 1. The Morgan fingerprint density at radius 2 is 2.00 bits per heavy atom. The van der Waals surface area contributed by atoms with Crippen LogP contribution in [0.5, 0.6) is 0 Å². The van der Waals surface area contributed by atoms with Crippen molar-refractivity contribution in [1.82, 2.24) is 0 Å². The summed E-state index contributed by atoms with van der Waals surface area (Å²) in [7, 11) is 0. The normalized spacial score (nSPS) is 8.00. The second-order valence-electron chi connectivity index (χ2n) is 1.00. The number of hydrogen-bond donors (Lipinski definition) is 3. The molecule has 5 N–H and O–H groups in total. The molecule has 39 valence electrons. The molecule has 0 atom stereocenters. The lowest BCUT2D eigenvalue weighted by Gasteiger charge is -1.85. The second kappa shape index (κ2) is 2.17. The maximum absolute atomic E-state index is 9.76. The first-order valence-electron chi connectivity index (χ1n) is 1.61. The number of hydrogen-bond acceptors (Lipinski definition) is 2. The molecule has 0 spiro atoms. The fourth-order valence-electron chi connectivity index (χ4n) is 0.153. The lowest BCUT2D eigenvalue weighted by atomic mass is 10.4. The van der Waals surface area contributed by atoms with Crippen LogP contribution in [0.3, 0.4) is 0 Å². The Balaban J connectivity index is 3.32. The van der Waals surface area contributed by atoms with Crippen molar-refractivity contribution in [2.24, 2.45) is 11.5 Å². The first-order chi connectivity index (χ1) is 3.13. The van der Waals surface area contributed by atoms with Gasteiger partial charge in [0.15, 0.2) is 0 Å². The molecule has 0 rings (SSSR count). The van der Waals surface area contributed by atoms with E-state index >= 15 is 0 Å². The van der Waals surface area contributed by atoms with Gasteiger partial charge in [-0.15, -0.1) is 0 Å². The summed E-state index contributed by atoms with van der Waals surface area (Å²) in [5, 5.41) is 6.45. The molecule has 4 heteroatoms. The highest BCUT2D eigenvalue weighted by Gasteiger charge is 1.93. The molecule has 0 saturated carbocycles. The van der Waals surface area contributed by atoms with E-state index in [0.717, 1.165) is 6.42 Å². The smallest absolute Gasteiger partial charge is 0.229 e. The molecule has 0 aromatic heterocycles. The maximum Gasteiger partial charge on any atom is 0.229 e. The molecule has 1 amide bonds. The van der Waals surface area contributed by atoms with Crippen LogP contribution in [0, 0.1) is 11.8 Å². The molecule has 0 unspecified atom stereocenters. The average molecular weight is 100 g/mol. The van der Waals surface area contributed by atoms with Gasteiger partial charge in [0, 0.05) is 0 Å². The van der Waals surface area contributed by atoms with Gasteiger partial charge in [-0.25, -0.2) is 0 Å². The standard InChI is InChI=1S/C3H6N3O/c4-2(5)1-3(6)7/h1H,(H3,4,5)(H2,6,7). The third-order valence-electron chi connectivity index (χ3n) is 0.298. The Bertz CT molecular complexity index is 86.4. The van der Waals surface area contributed by atoms with Crippen molar-refractivity contribution in [3.05, 3.63) is 6.42 Å². The highest BCUT2D eigenvalue weighted by atomic mass is 16.1. The van der Waals surface area contributed by atoms with Crippen LogP contribution in [-0.4, -0.2) is 11.7 Å². The molecule has 0 aliphatic carbocycles. The number of amides is 1. The monoisotopic (exact) mass is 100 g/mol. The van der Waals surface area contributed by atoms with Crippen LogP contribution in [-0.2, 0) is 4.79 Å². The molecule has 0 aromatic rings. The van der Waals surface area contributed by atoms with Crippen LogP contribution >= 0.6 is 0 Å². The Morgan fingerprint density at radius 1 is 1.57 bits per heavy atom. The molecule has 0 aliphatic rings. The molecule has 0 fully saturated rings. The van der Waals surface area contributed by atoms with E-state index in [1.54, 1.807) is 0 Å². The molecule has 7 heavy (non-hydrogen) atoms. The fraction of sp³-hybridized carbons (Fsp3) is 0. The molecule has 0 saturated heterocycles. The highest BCUT2D eigenvalue weighted by molar-refractivity contribution is 6.08. The lowest BCUT2D eigenvalue weighted by molar-refractivity contribution is -0.114. The van der Waals surface area contributed by atoms with E-state index in [9.17, 15) is 4.79 Å². The van der Waals surface area contributed by atoms with Gasteiger partial charge in [0.05, 0.1) is 0 Å². The van der Waals surface area contributed by atoms with Crippen molar-refractivity contribution in [3.63, 3.8) is 0 Å². The number of carbonyl (C=O) groups is 1. The van der Waals surface area contributed by atoms with Gasteiger partial charge in [-0.05, 0) is 0 Å². The fourth-order valence-corrected chi connectivity index (χ4v) is 0.153. The van der Waals surface area contributed by atoms with Crippen LogP contribution in [0.2, 0.25) is 0 Å². The molecule has 0 aliphatic heterocycles. The largest absolute Gasteiger partial charge is 0.387 e. The quantitative estimate of drug-likeness (QED) is 0.294. The van der Waals surface area contributed by atoms with E-state index in [4.69, 9.17) is 11.1 Å². The minimum absolute atomic E-state index is 0.312. The Labute approximate surface area is 41.0 Å². The Kier molecular flexibility index (Phi) is 1.84. The SMILES string of the molecule is N=C(N)[CH]C(N)=O. The van der Waals surface area contributed by atoms with Crippen LogP contribution in [0.15, 0.2) is 0 Å². The van der Waals surface area contributed by atoms with Crippen LogP contribution in [0.1, 0.15) is 0 Å². The number of nitrogens with two attached hydrogens (primary N) is 2. The zero-order valence-corrected chi connectivity index (χ0v) is 3.64. The van der Waals surface area contributed by atoms with Crippen molar-refractivity contribution in [2.45, 2.75) is 0 Å². The summed E-state index contributed by atoms with van der Waals surface area (Å²) in [5.74, 6) is -1.000. The van der Waals surface area contributed by atoms with E-state index in [2.05, 4.69) is 5.73 Å². The van der Waals surface area contributed by atoms with Gasteiger partial charge in [-0.1, -0.05) is 0 Å². The molecule has 1 radical (unpaired) electrons. The Morgan fingerprint density at radius 3 is 2.00 bits per heavy atom. The van der Waals surface area contributed by atoms with Gasteiger partial charge >= 0.3 is 0 Å². The molecule has 0 bridgehead atoms. The molecular weight excluding hydrogens is 94.1 g/mol. The molecular formula is C3H6N3O. The second-order valence-corrected chi connectivity index (χ2v) is 1.00. The van der Waals surface area contributed by atoms with Crippen molar-refractivity contribution in [2.75, 3.05) is 0 Å². The van der Waals surface area contributed by atoms with E-state index in [0.29, 0.717) is 0 Å². The molecule has 0 heterocycles. The molecule has 4 nitrogen and oxygen atoms in total. The maximum atomic E-state index is 9.76. The summed E-state index contributed by atoms with van der Waals surface area (Å²) in [5.41, 5.74) is 9.30. The van der Waals surface area contributed by atoms with E-state index in [-0.39, 0.29) is 5.84 Å². The van der Waals surface area contributed by atoms with Gasteiger partial charge in [0.2, 0.25) is 5.91 Å². The van der Waals surface area contributed by atoms with Gasteiger partial charge in [0.25, 0.3) is 0 Å². The van der Waals surface area contributed by atoms with Crippen molar-refractivity contribution >= 4 is 11.7 Å². The van der Waals surface area contributed by atoms with Gasteiger partial charge in [-0.3, -0.25) is 10.2 Å². The van der Waals surface area contributed by atoms with Crippen molar-refractivity contribution < 1.29 is 4.79 Å². The first-order valence-corrected chi connectivity index (χ1v) is 1.61. The Hall–Kier alpha value is -1.06. The van der Waals surface area contributed by atoms with Gasteiger partial charge in [-0.2, -0.15) is 0 Å². The summed E-state index contributed by atoms with van der Waals surface area (Å²) in [6, 6.07) is 0. The van der Waals surface area contributed by atoms with E-state index in [1.165, 1.54) is 0 Å². The predicted octanol–water partition coefficient (Wildman–Crippen LogP) is -1.39. The van der Waals surface area contributed by atoms with Crippen molar-refractivity contribution in [3.8, 4) is 0 Å². The van der Waals surface area contributed by atoms with Crippen LogP contribution in [0.4, 0.5) is 0 Å². The van der Waals surface area contributed by atoms with E-state index in [1.807, 2.05) is 0 Å². The third kappa shape index (κ3) is 4.94. The number of rotatable bonds is 2. The zero-order chi connectivity index (χ0) is 5.86. The number of nitrogens with one attached hydrogen (secondary N) is 1. The van der Waals surface area contributed by atoms with Crippen LogP contribution < -0.4 is 11.5 Å². The summed E-state index contributed by atoms with van der Waals surface area (Å²) >= 11 is 0. The average Bonchev–Trinajstić information content (AvgIpc) is 1.27. The highest BCUT2D eigenvalue weighted by Crippen LogP contribution is 1.66. The third-order valence-corrected chi connectivity index (χ3v) is 0.298. The number of amidine groups is 1. The zero-order valence-electron chi connectivity index (χ0n) is 3.64. The summed E-state index contributed by atoms with van der Waals surface area (Å²) in [4.78, 5) is 9.76. The van der Waals surface area contributed by atoms with Crippen molar-refractivity contribution in [1.29, 1.82) is 5.41 Å². The van der Waals surface area contributed by atoms with E-state index < -0.39 is 5.91 Å². The summed E-state index contributed by atoms with van der Waals surface area (Å²) in [6.45, 7) is 0. The number of carbonyl (C=O) groups excluding carboxylic acids is 1. The minimum Gasteiger partial charge on any atom is -0.387 e. The topological polar surface area (TPSA) is 93.0 Å². The van der Waals surface area contributed by atoms with Gasteiger partial charge in [0.1, 0.15) is 12.3 Å². The van der Waals surface area contributed by atoms with Gasteiger partial charge < -0.3 is 11.5 Å². The summed E-state index contributed by atoms with van der Waals surface area (Å²) in [6.07, 6.45) is 0.833. The van der Waals surface area contributed by atoms with Crippen LogP contribution in [0.25, 0.3) is 0 Å². The first kappa shape index (κ1) is 5.94. The predicted molar refractivity (Wildman–Crippen MR) is 25.4 cm³/mol. The molecule has 0 aromatic carbocycles. The minimum atomic E-state index is -0.687.